The molecule has 0 saturated carbocycles. The molecule has 8 heteroatoms. The maximum atomic E-state index is 5.56. The Morgan fingerprint density at radius 1 is 1.22 bits per heavy atom. The first kappa shape index (κ1) is 15.4. The first-order valence-corrected chi connectivity index (χ1v) is 8.40. The number of H-pyrrole nitrogens is 1. The summed E-state index contributed by atoms with van der Waals surface area (Å²) in [5, 5.41) is 11.5. The lowest BCUT2D eigenvalue weighted by molar-refractivity contribution is 0.416. The van der Waals surface area contributed by atoms with E-state index in [2.05, 4.69) is 35.5 Å². The number of aliphatic imine (C=N–C) groups is 1. The number of pyridine rings is 1. The normalized spacial score (nSPS) is 12.3. The zero-order valence-corrected chi connectivity index (χ0v) is 14.5. The van der Waals surface area contributed by atoms with Gasteiger partial charge in [-0.3, -0.25) is 15.1 Å². The second-order valence-corrected chi connectivity index (χ2v) is 6.11. The van der Waals surface area contributed by atoms with Crippen LogP contribution in [-0.2, 0) is 6.54 Å². The van der Waals surface area contributed by atoms with E-state index in [4.69, 9.17) is 4.74 Å². The van der Waals surface area contributed by atoms with Gasteiger partial charge in [-0.2, -0.15) is 5.10 Å². The minimum absolute atomic E-state index is 0.577. The van der Waals surface area contributed by atoms with Crippen LogP contribution < -0.4 is 10.1 Å². The number of nitrogens with zero attached hydrogens (tertiary/aromatic N) is 5. The zero-order chi connectivity index (χ0) is 18.2. The Bertz CT molecular complexity index is 1170. The van der Waals surface area contributed by atoms with Crippen LogP contribution in [0.25, 0.3) is 22.3 Å². The van der Waals surface area contributed by atoms with E-state index < -0.39 is 0 Å². The molecule has 0 bridgehead atoms. The molecule has 0 unspecified atom stereocenters. The monoisotopic (exact) mass is 357 g/mol. The Kier molecular flexibility index (Phi) is 3.53. The molecule has 0 spiro atoms. The largest absolute Gasteiger partial charge is 0.495 e. The molecule has 2 N–H and O–H groups in total. The third-order valence-electron chi connectivity index (χ3n) is 4.51. The summed E-state index contributed by atoms with van der Waals surface area (Å²) >= 11 is 0. The average Bonchev–Trinajstić information content (AvgIpc) is 3.35. The van der Waals surface area contributed by atoms with E-state index in [1.54, 1.807) is 19.5 Å². The highest BCUT2D eigenvalue weighted by Gasteiger charge is 2.17. The summed E-state index contributed by atoms with van der Waals surface area (Å²) in [4.78, 5) is 17.2. The number of methoxy groups -OCH3 is 1. The lowest BCUT2D eigenvalue weighted by Gasteiger charge is -2.13. The topological polar surface area (TPSA) is 101 Å². The maximum absolute atomic E-state index is 5.56. The Labute approximate surface area is 154 Å². The van der Waals surface area contributed by atoms with Crippen molar-refractivity contribution < 1.29 is 4.74 Å². The lowest BCUT2D eigenvalue weighted by atomic mass is 10.1. The fourth-order valence-corrected chi connectivity index (χ4v) is 3.20. The van der Waals surface area contributed by atoms with Crippen LogP contribution >= 0.6 is 0 Å². The second-order valence-electron chi connectivity index (χ2n) is 6.11. The summed E-state index contributed by atoms with van der Waals surface area (Å²) in [5.74, 6) is 1.37. The number of fused-ring (bicyclic) bond motifs is 2. The SMILES string of the molecule is COc1cc2c(cc1Nc1ncnc3n[nH]c(-c4cccnc4)c13)C=NC2. The van der Waals surface area contributed by atoms with Gasteiger partial charge in [0, 0.05) is 24.2 Å². The van der Waals surface area contributed by atoms with E-state index in [-0.39, 0.29) is 0 Å². The second kappa shape index (κ2) is 6.17. The van der Waals surface area contributed by atoms with Crippen molar-refractivity contribution in [3.63, 3.8) is 0 Å². The van der Waals surface area contributed by atoms with Crippen LogP contribution in [0.3, 0.4) is 0 Å². The fourth-order valence-electron chi connectivity index (χ4n) is 3.20. The van der Waals surface area contributed by atoms with Crippen molar-refractivity contribution in [1.29, 1.82) is 0 Å². The van der Waals surface area contributed by atoms with Crippen LogP contribution in [0.4, 0.5) is 11.5 Å². The third-order valence-corrected chi connectivity index (χ3v) is 4.51. The molecular formula is C19H15N7O. The minimum Gasteiger partial charge on any atom is -0.495 e. The third kappa shape index (κ3) is 2.58. The van der Waals surface area contributed by atoms with Gasteiger partial charge >= 0.3 is 0 Å². The van der Waals surface area contributed by atoms with Crippen LogP contribution in [-0.4, -0.2) is 38.5 Å². The molecule has 0 aliphatic carbocycles. The molecule has 3 aromatic heterocycles. The number of aromatic amines is 1. The van der Waals surface area contributed by atoms with Crippen LogP contribution in [0, 0.1) is 0 Å². The van der Waals surface area contributed by atoms with E-state index in [9.17, 15) is 0 Å². The zero-order valence-electron chi connectivity index (χ0n) is 14.5. The Morgan fingerprint density at radius 2 is 2.19 bits per heavy atom. The fraction of sp³-hybridized carbons (Fsp3) is 0.105. The summed E-state index contributed by atoms with van der Waals surface area (Å²) in [6.45, 7) is 0.677. The van der Waals surface area contributed by atoms with Crippen molar-refractivity contribution in [1.82, 2.24) is 25.1 Å². The lowest BCUT2D eigenvalue weighted by Crippen LogP contribution is -2.00. The molecule has 5 rings (SSSR count). The first-order valence-electron chi connectivity index (χ1n) is 8.40. The smallest absolute Gasteiger partial charge is 0.186 e. The van der Waals surface area contributed by atoms with Gasteiger partial charge in [0.05, 0.1) is 30.4 Å². The van der Waals surface area contributed by atoms with Crippen LogP contribution in [0.5, 0.6) is 5.75 Å². The Hall–Kier alpha value is -3.81. The Balaban J connectivity index is 1.64. The summed E-state index contributed by atoms with van der Waals surface area (Å²) in [7, 11) is 1.65. The number of hydrogen-bond acceptors (Lipinski definition) is 7. The summed E-state index contributed by atoms with van der Waals surface area (Å²) in [6.07, 6.45) is 6.86. The minimum atomic E-state index is 0.577. The van der Waals surface area contributed by atoms with Gasteiger partial charge in [0.1, 0.15) is 17.9 Å². The van der Waals surface area contributed by atoms with Crippen molar-refractivity contribution in [2.24, 2.45) is 4.99 Å². The predicted molar refractivity (Wildman–Crippen MR) is 102 cm³/mol. The standard InChI is InChI=1S/C19H15N7O/c1-27-15-6-13-9-21-8-12(13)5-14(15)24-18-16-17(11-3-2-4-20-7-11)25-26-19(16)23-10-22-18/h2-8,10H,9H2,1H3,(H2,22,23,24,25,26). The summed E-state index contributed by atoms with van der Waals surface area (Å²) < 4.78 is 5.56. The van der Waals surface area contributed by atoms with Gasteiger partial charge in [-0.05, 0) is 35.4 Å². The van der Waals surface area contributed by atoms with Gasteiger partial charge in [0.25, 0.3) is 0 Å². The van der Waals surface area contributed by atoms with E-state index in [1.165, 1.54) is 6.33 Å². The van der Waals surface area contributed by atoms with Gasteiger partial charge in [0.2, 0.25) is 0 Å². The van der Waals surface area contributed by atoms with Gasteiger partial charge in [-0.1, -0.05) is 0 Å². The molecule has 0 radical (unpaired) electrons. The van der Waals surface area contributed by atoms with Crippen molar-refractivity contribution in [3.05, 3.63) is 54.1 Å². The average molecular weight is 357 g/mol. The highest BCUT2D eigenvalue weighted by atomic mass is 16.5. The van der Waals surface area contributed by atoms with Crippen molar-refractivity contribution in [2.45, 2.75) is 6.54 Å². The molecule has 8 nitrogen and oxygen atoms in total. The number of rotatable bonds is 4. The Morgan fingerprint density at radius 3 is 3.04 bits per heavy atom. The van der Waals surface area contributed by atoms with Crippen molar-refractivity contribution in [2.75, 3.05) is 12.4 Å². The number of hydrogen-bond donors (Lipinski definition) is 2. The number of nitrogens with one attached hydrogen (secondary N) is 2. The molecule has 4 aromatic rings. The number of benzene rings is 1. The first-order chi connectivity index (χ1) is 13.3. The number of aromatic nitrogens is 5. The molecule has 0 amide bonds. The molecule has 0 atom stereocenters. The molecule has 4 heterocycles. The van der Waals surface area contributed by atoms with Gasteiger partial charge in [-0.15, -0.1) is 0 Å². The molecule has 0 saturated heterocycles. The van der Waals surface area contributed by atoms with Gasteiger partial charge in [0.15, 0.2) is 5.65 Å². The van der Waals surface area contributed by atoms with Crippen LogP contribution in [0.2, 0.25) is 0 Å². The van der Waals surface area contributed by atoms with Crippen LogP contribution in [0.15, 0.2) is 48.0 Å². The summed E-state index contributed by atoms with van der Waals surface area (Å²) in [5.41, 5.74) is 5.32. The molecule has 1 aliphatic heterocycles. The van der Waals surface area contributed by atoms with E-state index in [0.29, 0.717) is 18.0 Å². The number of ether oxygens (including phenoxy) is 1. The van der Waals surface area contributed by atoms with Gasteiger partial charge < -0.3 is 10.1 Å². The molecule has 1 aromatic carbocycles. The van der Waals surface area contributed by atoms with Crippen molar-refractivity contribution >= 4 is 28.8 Å². The molecule has 27 heavy (non-hydrogen) atoms. The molecule has 1 aliphatic rings. The van der Waals surface area contributed by atoms with E-state index >= 15 is 0 Å². The van der Waals surface area contributed by atoms with E-state index in [0.717, 1.165) is 39.2 Å². The maximum Gasteiger partial charge on any atom is 0.186 e. The molecular weight excluding hydrogens is 342 g/mol. The highest BCUT2D eigenvalue weighted by Crippen LogP contribution is 2.35. The van der Waals surface area contributed by atoms with Crippen molar-refractivity contribution in [3.8, 4) is 17.0 Å². The number of anilines is 2. The quantitative estimate of drug-likeness (QED) is 0.582. The molecule has 132 valence electrons. The molecule has 0 fully saturated rings. The summed E-state index contributed by atoms with van der Waals surface area (Å²) in [6, 6.07) is 7.85. The van der Waals surface area contributed by atoms with Gasteiger partial charge in [-0.25, -0.2) is 9.97 Å². The highest BCUT2D eigenvalue weighted by molar-refractivity contribution is 6.00. The van der Waals surface area contributed by atoms with E-state index in [1.807, 2.05) is 30.5 Å². The predicted octanol–water partition coefficient (Wildman–Crippen LogP) is 3.10. The van der Waals surface area contributed by atoms with Crippen LogP contribution in [0.1, 0.15) is 11.1 Å².